The summed E-state index contributed by atoms with van der Waals surface area (Å²) in [6, 6.07) is 5.80. The summed E-state index contributed by atoms with van der Waals surface area (Å²) in [6.45, 7) is 0.754. The second-order valence-electron chi connectivity index (χ2n) is 7.71. The molecule has 8 nitrogen and oxygen atoms in total. The number of aromatic nitrogens is 4. The van der Waals surface area contributed by atoms with Crippen molar-refractivity contribution in [3.8, 4) is 5.88 Å². The Balaban J connectivity index is 1.25. The molecule has 2 aromatic heterocycles. The minimum absolute atomic E-state index is 0.0560. The molecular weight excluding hydrogens is 416 g/mol. The van der Waals surface area contributed by atoms with Crippen molar-refractivity contribution in [1.29, 1.82) is 0 Å². The zero-order chi connectivity index (χ0) is 20.9. The summed E-state index contributed by atoms with van der Waals surface area (Å²) in [7, 11) is -3.97. The standard InChI is InChI=1S/C19H19F2N5O3S/c20-14-7-15(21)9-16(8-14)30(27,28)25-6-5-12(10-25)11-29-18-4-3-17-22-23-19(13-1-2-13)26(17)24-18/h3-4,7-9,12-13H,1-2,5-6,10-11H2. The van der Waals surface area contributed by atoms with Crippen LogP contribution in [0.25, 0.3) is 5.65 Å². The minimum Gasteiger partial charge on any atom is -0.476 e. The van der Waals surface area contributed by atoms with Crippen molar-refractivity contribution in [2.24, 2.45) is 5.92 Å². The topological polar surface area (TPSA) is 89.7 Å². The molecule has 30 heavy (non-hydrogen) atoms. The van der Waals surface area contributed by atoms with Crippen molar-refractivity contribution in [2.45, 2.75) is 30.1 Å². The lowest BCUT2D eigenvalue weighted by Gasteiger charge is -2.17. The van der Waals surface area contributed by atoms with Crippen LogP contribution in [0.5, 0.6) is 5.88 Å². The van der Waals surface area contributed by atoms with E-state index in [0.717, 1.165) is 30.8 Å². The molecule has 0 N–H and O–H groups in total. The molecule has 158 valence electrons. The largest absolute Gasteiger partial charge is 0.476 e. The van der Waals surface area contributed by atoms with Gasteiger partial charge >= 0.3 is 0 Å². The van der Waals surface area contributed by atoms with Crippen LogP contribution >= 0.6 is 0 Å². The van der Waals surface area contributed by atoms with Crippen LogP contribution in [0, 0.1) is 17.6 Å². The summed E-state index contributed by atoms with van der Waals surface area (Å²) >= 11 is 0. The molecule has 1 aliphatic carbocycles. The van der Waals surface area contributed by atoms with Crippen LogP contribution in [-0.4, -0.2) is 52.2 Å². The van der Waals surface area contributed by atoms with E-state index in [-0.39, 0.29) is 30.5 Å². The number of hydrogen-bond acceptors (Lipinski definition) is 6. The van der Waals surface area contributed by atoms with Crippen molar-refractivity contribution in [2.75, 3.05) is 19.7 Å². The predicted molar refractivity (Wildman–Crippen MR) is 101 cm³/mol. The van der Waals surface area contributed by atoms with Crippen LogP contribution in [0.3, 0.4) is 0 Å². The number of fused-ring (bicyclic) bond motifs is 1. The lowest BCUT2D eigenvalue weighted by molar-refractivity contribution is 0.243. The highest BCUT2D eigenvalue weighted by Gasteiger charge is 2.34. The summed E-state index contributed by atoms with van der Waals surface area (Å²) in [4.78, 5) is -0.381. The monoisotopic (exact) mass is 435 g/mol. The van der Waals surface area contributed by atoms with Gasteiger partial charge in [0.05, 0.1) is 11.5 Å². The third-order valence-corrected chi connectivity index (χ3v) is 7.24. The Bertz CT molecular complexity index is 1190. The van der Waals surface area contributed by atoms with Gasteiger partial charge in [-0.1, -0.05) is 0 Å². The van der Waals surface area contributed by atoms with Crippen LogP contribution in [0.1, 0.15) is 31.0 Å². The van der Waals surface area contributed by atoms with E-state index >= 15 is 0 Å². The van der Waals surface area contributed by atoms with E-state index in [9.17, 15) is 17.2 Å². The number of benzene rings is 1. The SMILES string of the molecule is O=S(=O)(c1cc(F)cc(F)c1)N1CCC(COc2ccc3nnc(C4CC4)n3n2)C1. The fraction of sp³-hybridized carbons (Fsp3) is 0.421. The first-order valence-electron chi connectivity index (χ1n) is 9.71. The van der Waals surface area contributed by atoms with E-state index in [1.165, 1.54) is 4.31 Å². The first-order chi connectivity index (χ1) is 14.4. The van der Waals surface area contributed by atoms with Crippen LogP contribution in [0.2, 0.25) is 0 Å². The number of hydrogen-bond donors (Lipinski definition) is 0. The van der Waals surface area contributed by atoms with Gasteiger partial charge in [-0.25, -0.2) is 17.2 Å². The van der Waals surface area contributed by atoms with Crippen molar-refractivity contribution in [1.82, 2.24) is 24.1 Å². The maximum absolute atomic E-state index is 13.4. The number of rotatable bonds is 6. The zero-order valence-corrected chi connectivity index (χ0v) is 16.7. The second-order valence-corrected chi connectivity index (χ2v) is 9.65. The van der Waals surface area contributed by atoms with Crippen LogP contribution in [-0.2, 0) is 10.0 Å². The molecule has 2 fully saturated rings. The predicted octanol–water partition coefficient (Wildman–Crippen LogP) is 2.37. The van der Waals surface area contributed by atoms with Gasteiger partial charge in [0.1, 0.15) is 11.6 Å². The zero-order valence-electron chi connectivity index (χ0n) is 15.9. The molecule has 3 aromatic rings. The maximum atomic E-state index is 13.4. The third-order valence-electron chi connectivity index (χ3n) is 5.39. The molecule has 5 rings (SSSR count). The summed E-state index contributed by atoms with van der Waals surface area (Å²) in [5, 5.41) is 12.7. The first kappa shape index (κ1) is 19.3. The Morgan fingerprint density at radius 2 is 1.83 bits per heavy atom. The molecule has 0 amide bonds. The van der Waals surface area contributed by atoms with Crippen molar-refractivity contribution < 1.29 is 21.9 Å². The summed E-state index contributed by atoms with van der Waals surface area (Å²) in [6.07, 6.45) is 2.74. The van der Waals surface area contributed by atoms with Gasteiger partial charge in [-0.2, -0.15) is 8.82 Å². The molecule has 1 saturated carbocycles. The van der Waals surface area contributed by atoms with E-state index < -0.39 is 21.7 Å². The molecule has 1 aromatic carbocycles. The minimum atomic E-state index is -3.97. The average molecular weight is 435 g/mol. The molecule has 0 bridgehead atoms. The molecule has 1 atom stereocenters. The molecule has 0 radical (unpaired) electrons. The lowest BCUT2D eigenvalue weighted by Crippen LogP contribution is -2.30. The summed E-state index contributed by atoms with van der Waals surface area (Å²) in [5.74, 6) is -0.264. The molecule has 2 aliphatic rings. The Morgan fingerprint density at radius 1 is 1.07 bits per heavy atom. The molecule has 1 unspecified atom stereocenters. The van der Waals surface area contributed by atoms with Gasteiger partial charge in [0.15, 0.2) is 11.5 Å². The molecule has 1 aliphatic heterocycles. The Labute approximate surface area is 171 Å². The van der Waals surface area contributed by atoms with Crippen molar-refractivity contribution in [3.63, 3.8) is 0 Å². The second kappa shape index (κ2) is 7.24. The quantitative estimate of drug-likeness (QED) is 0.591. The van der Waals surface area contributed by atoms with E-state index in [0.29, 0.717) is 29.9 Å². The highest BCUT2D eigenvalue weighted by atomic mass is 32.2. The molecule has 1 saturated heterocycles. The Kier molecular flexibility index (Phi) is 4.66. The van der Waals surface area contributed by atoms with Gasteiger partial charge in [-0.15, -0.1) is 15.3 Å². The van der Waals surface area contributed by atoms with Gasteiger partial charge in [-0.05, 0) is 37.5 Å². The molecule has 0 spiro atoms. The fourth-order valence-electron chi connectivity index (χ4n) is 3.64. The maximum Gasteiger partial charge on any atom is 0.243 e. The van der Waals surface area contributed by atoms with Gasteiger partial charge < -0.3 is 4.74 Å². The fourth-order valence-corrected chi connectivity index (χ4v) is 5.22. The summed E-state index contributed by atoms with van der Waals surface area (Å²) < 4.78 is 61.0. The lowest BCUT2D eigenvalue weighted by atomic mass is 10.1. The van der Waals surface area contributed by atoms with Crippen molar-refractivity contribution in [3.05, 3.63) is 47.8 Å². The number of nitrogens with zero attached hydrogens (tertiary/aromatic N) is 5. The van der Waals surface area contributed by atoms with Crippen LogP contribution in [0.4, 0.5) is 8.78 Å². The highest BCUT2D eigenvalue weighted by molar-refractivity contribution is 7.89. The smallest absolute Gasteiger partial charge is 0.243 e. The summed E-state index contributed by atoms with van der Waals surface area (Å²) in [5.41, 5.74) is 0.657. The van der Waals surface area contributed by atoms with Crippen LogP contribution < -0.4 is 4.74 Å². The van der Waals surface area contributed by atoms with E-state index in [1.54, 1.807) is 16.6 Å². The highest BCUT2D eigenvalue weighted by Crippen LogP contribution is 2.38. The van der Waals surface area contributed by atoms with Crippen LogP contribution in [0.15, 0.2) is 35.2 Å². The van der Waals surface area contributed by atoms with E-state index in [1.807, 2.05) is 0 Å². The molecule has 11 heteroatoms. The number of halogens is 2. The van der Waals surface area contributed by atoms with E-state index in [4.69, 9.17) is 4.74 Å². The van der Waals surface area contributed by atoms with Crippen molar-refractivity contribution >= 4 is 15.7 Å². The molecule has 3 heterocycles. The van der Waals surface area contributed by atoms with E-state index in [2.05, 4.69) is 15.3 Å². The van der Waals surface area contributed by atoms with Gasteiger partial charge in [-0.3, -0.25) is 0 Å². The van der Waals surface area contributed by atoms with Gasteiger partial charge in [0.25, 0.3) is 0 Å². The third kappa shape index (κ3) is 3.63. The number of ether oxygens (including phenoxy) is 1. The molecular formula is C19H19F2N5O3S. The average Bonchev–Trinajstić information content (AvgIpc) is 3.27. The number of sulfonamides is 1. The van der Waals surface area contributed by atoms with Gasteiger partial charge in [0.2, 0.25) is 15.9 Å². The first-order valence-corrected chi connectivity index (χ1v) is 11.2. The normalized spacial score (nSPS) is 20.1. The van der Waals surface area contributed by atoms with Gasteiger partial charge in [0, 0.05) is 37.1 Å². The Hall–Kier alpha value is -2.66. The Morgan fingerprint density at radius 3 is 2.57 bits per heavy atom.